The molecule has 2 aromatic rings. The van der Waals surface area contributed by atoms with E-state index in [0.717, 1.165) is 37.7 Å². The van der Waals surface area contributed by atoms with E-state index in [9.17, 15) is 14.4 Å². The molecule has 1 saturated carbocycles. The molecule has 2 fully saturated rings. The number of benzene rings is 1. The Morgan fingerprint density at radius 1 is 0.892 bits per heavy atom. The number of carbonyl (C=O) groups excluding carboxylic acids is 2. The lowest BCUT2D eigenvalue weighted by molar-refractivity contribution is -0.143. The maximum Gasteiger partial charge on any atom is 0.306 e. The van der Waals surface area contributed by atoms with Gasteiger partial charge in [0.25, 0.3) is 11.8 Å². The predicted molar refractivity (Wildman–Crippen MR) is 140 cm³/mol. The Morgan fingerprint density at radius 3 is 2.05 bits per heavy atom. The quantitative estimate of drug-likeness (QED) is 0.443. The summed E-state index contributed by atoms with van der Waals surface area (Å²) in [7, 11) is 0. The van der Waals surface area contributed by atoms with E-state index in [1.807, 2.05) is 6.07 Å². The van der Waals surface area contributed by atoms with E-state index in [-0.39, 0.29) is 23.8 Å². The SMILES string of the molecule is CC1CCN(c2ccc(C(=O)NCCNC(=O)c3ccc(OC4CCC(C(=O)O)CC4)cc3)cn2)CC1. The number of carboxylic acid groups (broad SMARTS) is 1. The van der Waals surface area contributed by atoms with Crippen LogP contribution >= 0.6 is 0 Å². The fourth-order valence-corrected chi connectivity index (χ4v) is 4.81. The van der Waals surface area contributed by atoms with Gasteiger partial charge in [0.15, 0.2) is 0 Å². The number of rotatable bonds is 9. The van der Waals surface area contributed by atoms with Crippen molar-refractivity contribution in [1.29, 1.82) is 0 Å². The lowest BCUT2D eigenvalue weighted by Gasteiger charge is -2.31. The predicted octanol–water partition coefficient (Wildman–Crippen LogP) is 3.50. The van der Waals surface area contributed by atoms with Gasteiger partial charge < -0.3 is 25.4 Å². The number of nitrogens with zero attached hydrogens (tertiary/aromatic N) is 2. The van der Waals surface area contributed by atoms with Gasteiger partial charge in [-0.1, -0.05) is 6.92 Å². The summed E-state index contributed by atoms with van der Waals surface area (Å²) in [5.41, 5.74) is 0.993. The Morgan fingerprint density at radius 2 is 1.49 bits per heavy atom. The highest BCUT2D eigenvalue weighted by atomic mass is 16.5. The molecule has 2 heterocycles. The number of nitrogens with one attached hydrogen (secondary N) is 2. The van der Waals surface area contributed by atoms with Crippen molar-refractivity contribution in [1.82, 2.24) is 15.6 Å². The van der Waals surface area contributed by atoms with Gasteiger partial charge in [-0.15, -0.1) is 0 Å². The minimum atomic E-state index is -0.734. The number of anilines is 1. The van der Waals surface area contributed by atoms with E-state index in [2.05, 4.69) is 27.4 Å². The third-order valence-corrected chi connectivity index (χ3v) is 7.26. The number of aromatic nitrogens is 1. The molecule has 3 N–H and O–H groups in total. The van der Waals surface area contributed by atoms with Crippen LogP contribution in [0.1, 0.15) is 66.2 Å². The molecule has 1 aliphatic carbocycles. The van der Waals surface area contributed by atoms with Crippen LogP contribution in [0.3, 0.4) is 0 Å². The second-order valence-corrected chi connectivity index (χ2v) is 10.0. The van der Waals surface area contributed by atoms with Gasteiger partial charge in [-0.25, -0.2) is 4.98 Å². The molecule has 0 radical (unpaired) electrons. The van der Waals surface area contributed by atoms with Gasteiger partial charge in [0.05, 0.1) is 17.6 Å². The van der Waals surface area contributed by atoms with Gasteiger partial charge >= 0.3 is 5.97 Å². The van der Waals surface area contributed by atoms with Gasteiger partial charge in [-0.05, 0) is 80.8 Å². The number of piperidine rings is 1. The van der Waals surface area contributed by atoms with E-state index in [4.69, 9.17) is 9.84 Å². The van der Waals surface area contributed by atoms with Crippen molar-refractivity contribution in [2.45, 2.75) is 51.6 Å². The van der Waals surface area contributed by atoms with Gasteiger partial charge in [-0.2, -0.15) is 0 Å². The Labute approximate surface area is 217 Å². The Kier molecular flexibility index (Phi) is 8.98. The number of carbonyl (C=O) groups is 3. The van der Waals surface area contributed by atoms with Crippen molar-refractivity contribution in [2.75, 3.05) is 31.1 Å². The third kappa shape index (κ3) is 7.44. The van der Waals surface area contributed by atoms with E-state index >= 15 is 0 Å². The summed E-state index contributed by atoms with van der Waals surface area (Å²) in [6.45, 7) is 4.85. The summed E-state index contributed by atoms with van der Waals surface area (Å²) in [6.07, 6.45) is 6.58. The smallest absolute Gasteiger partial charge is 0.306 e. The van der Waals surface area contributed by atoms with Crippen LogP contribution < -0.4 is 20.3 Å². The molecule has 9 nitrogen and oxygen atoms in total. The first-order valence-electron chi connectivity index (χ1n) is 13.2. The van der Waals surface area contributed by atoms with Crippen molar-refractivity contribution < 1.29 is 24.2 Å². The number of aliphatic carboxylic acids is 1. The largest absolute Gasteiger partial charge is 0.490 e. The second-order valence-electron chi connectivity index (χ2n) is 10.0. The number of amides is 2. The zero-order valence-electron chi connectivity index (χ0n) is 21.3. The molecule has 198 valence electrons. The molecule has 37 heavy (non-hydrogen) atoms. The molecule has 0 bridgehead atoms. The maximum absolute atomic E-state index is 12.4. The molecule has 2 amide bonds. The Hall–Kier alpha value is -3.62. The molecule has 9 heteroatoms. The molecule has 0 spiro atoms. The summed E-state index contributed by atoms with van der Waals surface area (Å²) in [4.78, 5) is 42.6. The van der Waals surface area contributed by atoms with Gasteiger partial charge in [0.1, 0.15) is 11.6 Å². The van der Waals surface area contributed by atoms with Crippen LogP contribution in [-0.4, -0.2) is 60.2 Å². The summed E-state index contributed by atoms with van der Waals surface area (Å²) >= 11 is 0. The number of carboxylic acids is 1. The summed E-state index contributed by atoms with van der Waals surface area (Å²) in [5, 5.41) is 14.7. The molecular formula is C28H36N4O5. The fourth-order valence-electron chi connectivity index (χ4n) is 4.81. The van der Waals surface area contributed by atoms with E-state index < -0.39 is 5.97 Å². The summed E-state index contributed by atoms with van der Waals surface area (Å²) in [6, 6.07) is 10.6. The molecule has 1 aromatic carbocycles. The molecule has 4 rings (SSSR count). The van der Waals surface area contributed by atoms with Crippen LogP contribution in [0.4, 0.5) is 5.82 Å². The monoisotopic (exact) mass is 508 g/mol. The van der Waals surface area contributed by atoms with Crippen molar-refractivity contribution in [3.63, 3.8) is 0 Å². The highest BCUT2D eigenvalue weighted by molar-refractivity contribution is 5.95. The van der Waals surface area contributed by atoms with Crippen molar-refractivity contribution >= 4 is 23.6 Å². The average molecular weight is 509 g/mol. The van der Waals surface area contributed by atoms with Crippen LogP contribution in [0.25, 0.3) is 0 Å². The average Bonchev–Trinajstić information content (AvgIpc) is 2.92. The standard InChI is InChI=1S/C28H36N4O5/c1-19-12-16-32(17-13-19)25-11-6-22(18-31-25)27(34)30-15-14-29-26(33)20-2-7-23(8-3-20)37-24-9-4-21(5-10-24)28(35)36/h2-3,6-8,11,18-19,21,24H,4-5,9-10,12-17H2,1H3,(H,29,33)(H,30,34)(H,35,36). The van der Waals surface area contributed by atoms with Crippen LogP contribution in [0.15, 0.2) is 42.6 Å². The minimum absolute atomic E-state index is 0.00104. The normalized spacial score (nSPS) is 20.2. The molecule has 0 unspecified atom stereocenters. The third-order valence-electron chi connectivity index (χ3n) is 7.26. The summed E-state index contributed by atoms with van der Waals surface area (Å²) in [5.74, 6) is 0.848. The molecular weight excluding hydrogens is 472 g/mol. The lowest BCUT2D eigenvalue weighted by Crippen LogP contribution is -2.35. The first kappa shape index (κ1) is 26.4. The van der Waals surface area contributed by atoms with Crippen LogP contribution in [-0.2, 0) is 4.79 Å². The first-order valence-corrected chi connectivity index (χ1v) is 13.2. The zero-order chi connectivity index (χ0) is 26.2. The Balaban J connectivity index is 1.15. The van der Waals surface area contributed by atoms with Crippen LogP contribution in [0.2, 0.25) is 0 Å². The van der Waals surface area contributed by atoms with Crippen molar-refractivity contribution in [3.05, 3.63) is 53.7 Å². The minimum Gasteiger partial charge on any atom is -0.490 e. The highest BCUT2D eigenvalue weighted by Gasteiger charge is 2.27. The van der Waals surface area contributed by atoms with E-state index in [1.54, 1.807) is 36.5 Å². The Bertz CT molecular complexity index is 1060. The molecule has 1 saturated heterocycles. The number of hydrogen-bond acceptors (Lipinski definition) is 6. The van der Waals surface area contributed by atoms with Crippen LogP contribution in [0, 0.1) is 11.8 Å². The zero-order valence-corrected chi connectivity index (χ0v) is 21.3. The van der Waals surface area contributed by atoms with Gasteiger partial charge in [0.2, 0.25) is 0 Å². The van der Waals surface area contributed by atoms with Gasteiger partial charge in [-0.3, -0.25) is 14.4 Å². The van der Waals surface area contributed by atoms with E-state index in [0.29, 0.717) is 55.6 Å². The van der Waals surface area contributed by atoms with Crippen molar-refractivity contribution in [2.24, 2.45) is 11.8 Å². The van der Waals surface area contributed by atoms with Crippen LogP contribution in [0.5, 0.6) is 5.75 Å². The van der Waals surface area contributed by atoms with Crippen molar-refractivity contribution in [3.8, 4) is 5.75 Å². The molecule has 0 atom stereocenters. The van der Waals surface area contributed by atoms with E-state index in [1.165, 1.54) is 0 Å². The highest BCUT2D eigenvalue weighted by Crippen LogP contribution is 2.28. The number of hydrogen-bond donors (Lipinski definition) is 3. The number of ether oxygens (including phenoxy) is 1. The topological polar surface area (TPSA) is 121 Å². The van der Waals surface area contributed by atoms with Gasteiger partial charge in [0, 0.05) is 37.9 Å². The first-order chi connectivity index (χ1) is 17.9. The molecule has 1 aromatic heterocycles. The molecule has 1 aliphatic heterocycles. The maximum atomic E-state index is 12.4. The lowest BCUT2D eigenvalue weighted by atomic mass is 9.87. The fraction of sp³-hybridized carbons (Fsp3) is 0.500. The number of pyridine rings is 1. The molecule has 2 aliphatic rings. The summed E-state index contributed by atoms with van der Waals surface area (Å²) < 4.78 is 5.95. The second kappa shape index (κ2) is 12.6.